The van der Waals surface area contributed by atoms with Crippen LogP contribution in [-0.4, -0.2) is 47.9 Å². The van der Waals surface area contributed by atoms with Crippen LogP contribution in [0.2, 0.25) is 5.02 Å². The van der Waals surface area contributed by atoms with Crippen molar-refractivity contribution in [1.29, 1.82) is 0 Å². The maximum absolute atomic E-state index is 13.9. The third kappa shape index (κ3) is 4.71. The van der Waals surface area contributed by atoms with Crippen molar-refractivity contribution >= 4 is 55.8 Å². The maximum Gasteiger partial charge on any atom is 0.226 e. The number of hydrogen-bond donors (Lipinski definition) is 1. The zero-order valence-corrected chi connectivity index (χ0v) is 17.7. The number of nitrogens with zero attached hydrogens (tertiary/aromatic N) is 3. The molecule has 156 valence electrons. The Bertz CT molecular complexity index is 1080. The van der Waals surface area contributed by atoms with Crippen LogP contribution in [-0.2, 0) is 9.59 Å². The van der Waals surface area contributed by atoms with Gasteiger partial charge in [0.15, 0.2) is 5.13 Å². The number of carbonyl (C=O) groups excluding carboxylic acids is 2. The lowest BCUT2D eigenvalue weighted by Gasteiger charge is -2.36. The summed E-state index contributed by atoms with van der Waals surface area (Å²) in [6, 6.07) is 12.0. The van der Waals surface area contributed by atoms with Crippen LogP contribution in [0.4, 0.5) is 15.2 Å². The van der Waals surface area contributed by atoms with E-state index in [1.165, 1.54) is 17.4 Å². The summed E-state index contributed by atoms with van der Waals surface area (Å²) < 4.78 is 14.8. The Morgan fingerprint density at radius 3 is 2.63 bits per heavy atom. The van der Waals surface area contributed by atoms with E-state index in [0.717, 1.165) is 10.2 Å². The van der Waals surface area contributed by atoms with Crippen LogP contribution in [0.25, 0.3) is 10.2 Å². The normalized spacial score (nSPS) is 14.2. The number of nitrogens with one attached hydrogen (secondary N) is 1. The lowest BCUT2D eigenvalue weighted by molar-refractivity contribution is -0.133. The molecule has 1 aromatic heterocycles. The van der Waals surface area contributed by atoms with Crippen LogP contribution < -0.4 is 10.2 Å². The minimum Gasteiger partial charge on any atom is -0.366 e. The molecule has 4 rings (SSSR count). The van der Waals surface area contributed by atoms with Gasteiger partial charge in [0.05, 0.1) is 15.9 Å². The quantitative estimate of drug-likeness (QED) is 0.639. The number of para-hydroxylation sites is 1. The number of thiazole rings is 1. The molecule has 9 heteroatoms. The second-order valence-electron chi connectivity index (χ2n) is 7.00. The molecular weight excluding hydrogens is 427 g/mol. The van der Waals surface area contributed by atoms with Crippen molar-refractivity contribution in [3.05, 3.63) is 53.3 Å². The Labute approximate surface area is 182 Å². The first-order chi connectivity index (χ1) is 14.5. The predicted octanol–water partition coefficient (Wildman–Crippen LogP) is 4.16. The molecule has 30 heavy (non-hydrogen) atoms. The Balaban J connectivity index is 1.25. The molecule has 0 bridgehead atoms. The Hall–Kier alpha value is -2.71. The monoisotopic (exact) mass is 446 g/mol. The van der Waals surface area contributed by atoms with E-state index in [4.69, 9.17) is 11.6 Å². The zero-order chi connectivity index (χ0) is 21.1. The Kier molecular flexibility index (Phi) is 6.15. The molecule has 2 amide bonds. The summed E-state index contributed by atoms with van der Waals surface area (Å²) in [7, 11) is 0. The highest BCUT2D eigenvalue weighted by atomic mass is 35.5. The van der Waals surface area contributed by atoms with Gasteiger partial charge in [0.25, 0.3) is 0 Å². The minimum atomic E-state index is -0.258. The van der Waals surface area contributed by atoms with Gasteiger partial charge < -0.3 is 15.1 Å². The van der Waals surface area contributed by atoms with Gasteiger partial charge in [-0.2, -0.15) is 0 Å². The molecule has 3 aromatic rings. The summed E-state index contributed by atoms with van der Waals surface area (Å²) in [6.45, 7) is 2.14. The molecule has 0 saturated carbocycles. The molecule has 1 aliphatic heterocycles. The first kappa shape index (κ1) is 20.6. The number of fused-ring (bicyclic) bond motifs is 1. The van der Waals surface area contributed by atoms with E-state index >= 15 is 0 Å². The first-order valence-corrected chi connectivity index (χ1v) is 10.8. The molecular formula is C21H20ClFN4O2S. The summed E-state index contributed by atoms with van der Waals surface area (Å²) in [5, 5.41) is 3.85. The summed E-state index contributed by atoms with van der Waals surface area (Å²) in [6.07, 6.45) is 0.214. The van der Waals surface area contributed by atoms with E-state index < -0.39 is 0 Å². The van der Waals surface area contributed by atoms with Gasteiger partial charge in [-0.25, -0.2) is 9.37 Å². The van der Waals surface area contributed by atoms with E-state index in [2.05, 4.69) is 10.3 Å². The van der Waals surface area contributed by atoms with Gasteiger partial charge in [-0.3, -0.25) is 9.59 Å². The van der Waals surface area contributed by atoms with E-state index in [1.807, 2.05) is 4.90 Å². The number of piperazine rings is 1. The summed E-state index contributed by atoms with van der Waals surface area (Å²) in [5.41, 5.74) is 1.32. The van der Waals surface area contributed by atoms with Crippen molar-refractivity contribution in [1.82, 2.24) is 9.88 Å². The van der Waals surface area contributed by atoms with E-state index in [0.29, 0.717) is 42.0 Å². The van der Waals surface area contributed by atoms with Gasteiger partial charge in [0.2, 0.25) is 11.8 Å². The van der Waals surface area contributed by atoms with Crippen LogP contribution in [0.15, 0.2) is 42.5 Å². The number of anilines is 2. The van der Waals surface area contributed by atoms with Crippen molar-refractivity contribution in [2.45, 2.75) is 12.8 Å². The lowest BCUT2D eigenvalue weighted by Crippen LogP contribution is -2.49. The number of hydrogen-bond acceptors (Lipinski definition) is 5. The van der Waals surface area contributed by atoms with Gasteiger partial charge in [-0.1, -0.05) is 35.1 Å². The maximum atomic E-state index is 13.9. The molecule has 6 nitrogen and oxygen atoms in total. The van der Waals surface area contributed by atoms with Crippen molar-refractivity contribution < 1.29 is 14.0 Å². The third-order valence-corrected chi connectivity index (χ3v) is 6.16. The molecule has 0 unspecified atom stereocenters. The number of aromatic nitrogens is 1. The highest BCUT2D eigenvalue weighted by Gasteiger charge is 2.23. The molecule has 2 heterocycles. The fourth-order valence-electron chi connectivity index (χ4n) is 3.42. The van der Waals surface area contributed by atoms with Crippen LogP contribution in [0, 0.1) is 5.82 Å². The third-order valence-electron chi connectivity index (χ3n) is 4.99. The SMILES string of the molecule is O=C(CCC(=O)N1CCN(c2ccccc2F)CC1)Nc1nc2ccc(Cl)cc2s1. The summed E-state index contributed by atoms with van der Waals surface area (Å²) in [5.74, 6) is -0.584. The van der Waals surface area contributed by atoms with Gasteiger partial charge >= 0.3 is 0 Å². The van der Waals surface area contributed by atoms with Crippen LogP contribution in [0.1, 0.15) is 12.8 Å². The van der Waals surface area contributed by atoms with Crippen molar-refractivity contribution in [3.8, 4) is 0 Å². The lowest BCUT2D eigenvalue weighted by atomic mass is 10.2. The molecule has 1 saturated heterocycles. The van der Waals surface area contributed by atoms with Gasteiger partial charge in [0.1, 0.15) is 5.82 Å². The molecule has 0 spiro atoms. The summed E-state index contributed by atoms with van der Waals surface area (Å²) in [4.78, 5) is 32.7. The predicted molar refractivity (Wildman–Crippen MR) is 118 cm³/mol. The topological polar surface area (TPSA) is 65.5 Å². The fourth-order valence-corrected chi connectivity index (χ4v) is 4.58. The van der Waals surface area contributed by atoms with Crippen LogP contribution >= 0.6 is 22.9 Å². The molecule has 0 atom stereocenters. The molecule has 1 fully saturated rings. The molecule has 2 aromatic carbocycles. The van der Waals surface area contributed by atoms with Gasteiger partial charge in [0, 0.05) is 44.0 Å². The smallest absolute Gasteiger partial charge is 0.226 e. The zero-order valence-electron chi connectivity index (χ0n) is 16.1. The standard InChI is InChI=1S/C21H20ClFN4O2S/c22-14-5-6-16-18(13-14)30-21(24-16)25-19(28)7-8-20(29)27-11-9-26(10-12-27)17-4-2-1-3-15(17)23/h1-6,13H,7-12H2,(H,24,25,28). The molecule has 1 N–H and O–H groups in total. The number of rotatable bonds is 5. The van der Waals surface area contributed by atoms with E-state index in [-0.39, 0.29) is 30.5 Å². The second kappa shape index (κ2) is 8.97. The first-order valence-electron chi connectivity index (χ1n) is 9.63. The molecule has 1 aliphatic rings. The largest absolute Gasteiger partial charge is 0.366 e. The number of benzene rings is 2. The average Bonchev–Trinajstić information content (AvgIpc) is 3.13. The molecule has 0 aliphatic carbocycles. The fraction of sp³-hybridized carbons (Fsp3) is 0.286. The average molecular weight is 447 g/mol. The summed E-state index contributed by atoms with van der Waals surface area (Å²) >= 11 is 7.31. The Morgan fingerprint density at radius 2 is 1.87 bits per heavy atom. The van der Waals surface area contributed by atoms with Crippen molar-refractivity contribution in [2.75, 3.05) is 36.4 Å². The van der Waals surface area contributed by atoms with Crippen LogP contribution in [0.3, 0.4) is 0 Å². The number of carbonyl (C=O) groups is 2. The number of amides is 2. The van der Waals surface area contributed by atoms with E-state index in [9.17, 15) is 14.0 Å². The Morgan fingerprint density at radius 1 is 1.10 bits per heavy atom. The minimum absolute atomic E-state index is 0.0746. The van der Waals surface area contributed by atoms with E-state index in [1.54, 1.807) is 41.3 Å². The van der Waals surface area contributed by atoms with Crippen LogP contribution in [0.5, 0.6) is 0 Å². The number of halogens is 2. The van der Waals surface area contributed by atoms with Gasteiger partial charge in [-0.15, -0.1) is 0 Å². The van der Waals surface area contributed by atoms with Crippen molar-refractivity contribution in [3.63, 3.8) is 0 Å². The highest BCUT2D eigenvalue weighted by Crippen LogP contribution is 2.28. The van der Waals surface area contributed by atoms with Gasteiger partial charge in [-0.05, 0) is 30.3 Å². The van der Waals surface area contributed by atoms with Crippen molar-refractivity contribution in [2.24, 2.45) is 0 Å². The molecule has 0 radical (unpaired) electrons. The highest BCUT2D eigenvalue weighted by molar-refractivity contribution is 7.22. The second-order valence-corrected chi connectivity index (χ2v) is 8.47.